The molecular weight excluding hydrogens is 224 g/mol. The second kappa shape index (κ2) is 6.32. The summed E-state index contributed by atoms with van der Waals surface area (Å²) in [6.45, 7) is 7.07. The van der Waals surface area contributed by atoms with Crippen LogP contribution in [0, 0.1) is 0 Å². The highest BCUT2D eigenvalue weighted by molar-refractivity contribution is 5.15. The van der Waals surface area contributed by atoms with Crippen molar-refractivity contribution in [2.75, 3.05) is 19.7 Å². The summed E-state index contributed by atoms with van der Waals surface area (Å²) in [6, 6.07) is 11.3. The lowest BCUT2D eigenvalue weighted by Crippen LogP contribution is -2.52. The van der Waals surface area contributed by atoms with E-state index in [1.807, 2.05) is 6.92 Å². The SMILES string of the molecule is CC(N)C1CN(C(C)Cc2ccccc2)CCO1. The molecule has 18 heavy (non-hydrogen) atoms. The van der Waals surface area contributed by atoms with Gasteiger partial charge in [-0.1, -0.05) is 30.3 Å². The number of nitrogens with zero attached hydrogens (tertiary/aromatic N) is 1. The van der Waals surface area contributed by atoms with Crippen molar-refractivity contribution in [2.24, 2.45) is 5.73 Å². The predicted molar refractivity (Wildman–Crippen MR) is 74.6 cm³/mol. The van der Waals surface area contributed by atoms with Gasteiger partial charge in [-0.25, -0.2) is 0 Å². The Hall–Kier alpha value is -0.900. The highest BCUT2D eigenvalue weighted by atomic mass is 16.5. The van der Waals surface area contributed by atoms with Gasteiger partial charge in [0.2, 0.25) is 0 Å². The van der Waals surface area contributed by atoms with Gasteiger partial charge in [-0.15, -0.1) is 0 Å². The largest absolute Gasteiger partial charge is 0.374 e. The smallest absolute Gasteiger partial charge is 0.0850 e. The van der Waals surface area contributed by atoms with Crippen LogP contribution in [0.3, 0.4) is 0 Å². The molecule has 1 aliphatic rings. The van der Waals surface area contributed by atoms with Gasteiger partial charge in [0.1, 0.15) is 0 Å². The van der Waals surface area contributed by atoms with E-state index in [2.05, 4.69) is 42.2 Å². The number of morpholine rings is 1. The van der Waals surface area contributed by atoms with E-state index >= 15 is 0 Å². The highest BCUT2D eigenvalue weighted by Gasteiger charge is 2.26. The molecule has 0 aliphatic carbocycles. The fourth-order valence-electron chi connectivity index (χ4n) is 2.50. The molecule has 1 aliphatic heterocycles. The zero-order valence-corrected chi connectivity index (χ0v) is 11.4. The van der Waals surface area contributed by atoms with Crippen LogP contribution in [0.2, 0.25) is 0 Å². The molecule has 3 nitrogen and oxygen atoms in total. The second-order valence-corrected chi connectivity index (χ2v) is 5.30. The maximum atomic E-state index is 5.93. The van der Waals surface area contributed by atoms with Crippen LogP contribution >= 0.6 is 0 Å². The van der Waals surface area contributed by atoms with Crippen molar-refractivity contribution in [1.29, 1.82) is 0 Å². The molecule has 2 N–H and O–H groups in total. The molecule has 3 heteroatoms. The highest BCUT2D eigenvalue weighted by Crippen LogP contribution is 2.14. The topological polar surface area (TPSA) is 38.5 Å². The van der Waals surface area contributed by atoms with Gasteiger partial charge in [0.15, 0.2) is 0 Å². The number of ether oxygens (including phenoxy) is 1. The average Bonchev–Trinajstić information content (AvgIpc) is 2.40. The molecule has 0 saturated carbocycles. The first-order valence-corrected chi connectivity index (χ1v) is 6.82. The first-order valence-electron chi connectivity index (χ1n) is 6.82. The quantitative estimate of drug-likeness (QED) is 0.881. The van der Waals surface area contributed by atoms with E-state index in [1.165, 1.54) is 5.56 Å². The summed E-state index contributed by atoms with van der Waals surface area (Å²) in [5.74, 6) is 0. The van der Waals surface area contributed by atoms with Gasteiger partial charge < -0.3 is 10.5 Å². The molecule has 0 bridgehead atoms. The zero-order valence-electron chi connectivity index (χ0n) is 11.4. The molecule has 0 radical (unpaired) electrons. The van der Waals surface area contributed by atoms with Gasteiger partial charge in [-0.3, -0.25) is 4.90 Å². The van der Waals surface area contributed by atoms with Crippen molar-refractivity contribution >= 4 is 0 Å². The van der Waals surface area contributed by atoms with E-state index in [-0.39, 0.29) is 12.1 Å². The molecule has 1 fully saturated rings. The maximum Gasteiger partial charge on any atom is 0.0850 e. The third-order valence-corrected chi connectivity index (χ3v) is 3.71. The van der Waals surface area contributed by atoms with Gasteiger partial charge in [-0.05, 0) is 25.8 Å². The zero-order chi connectivity index (χ0) is 13.0. The van der Waals surface area contributed by atoms with E-state index in [0.29, 0.717) is 6.04 Å². The Morgan fingerprint density at radius 2 is 2.06 bits per heavy atom. The van der Waals surface area contributed by atoms with E-state index in [4.69, 9.17) is 10.5 Å². The van der Waals surface area contributed by atoms with Crippen LogP contribution in [-0.4, -0.2) is 42.8 Å². The summed E-state index contributed by atoms with van der Waals surface area (Å²) < 4.78 is 5.70. The molecule has 0 aromatic heterocycles. The Kier molecular flexibility index (Phi) is 4.75. The lowest BCUT2D eigenvalue weighted by molar-refractivity contribution is -0.0492. The molecule has 0 amide bonds. The van der Waals surface area contributed by atoms with Gasteiger partial charge in [-0.2, -0.15) is 0 Å². The lowest BCUT2D eigenvalue weighted by Gasteiger charge is -2.38. The molecule has 1 aromatic rings. The predicted octanol–water partition coefficient (Wildman–Crippen LogP) is 1.67. The number of benzene rings is 1. The Morgan fingerprint density at radius 1 is 1.33 bits per heavy atom. The summed E-state index contributed by atoms with van der Waals surface area (Å²) >= 11 is 0. The lowest BCUT2D eigenvalue weighted by atomic mass is 10.0. The van der Waals surface area contributed by atoms with Crippen LogP contribution in [-0.2, 0) is 11.2 Å². The molecule has 3 unspecified atom stereocenters. The minimum Gasteiger partial charge on any atom is -0.374 e. The summed E-state index contributed by atoms with van der Waals surface area (Å²) in [4.78, 5) is 2.49. The second-order valence-electron chi connectivity index (χ2n) is 5.30. The van der Waals surface area contributed by atoms with Crippen molar-refractivity contribution < 1.29 is 4.74 Å². The molecule has 3 atom stereocenters. The molecule has 0 spiro atoms. The van der Waals surface area contributed by atoms with Gasteiger partial charge >= 0.3 is 0 Å². The molecule has 1 saturated heterocycles. The van der Waals surface area contributed by atoms with E-state index in [1.54, 1.807) is 0 Å². The summed E-state index contributed by atoms with van der Waals surface area (Å²) in [6.07, 6.45) is 1.27. The summed E-state index contributed by atoms with van der Waals surface area (Å²) in [5.41, 5.74) is 7.33. The van der Waals surface area contributed by atoms with Crippen LogP contribution in [0.5, 0.6) is 0 Å². The third-order valence-electron chi connectivity index (χ3n) is 3.71. The fourth-order valence-corrected chi connectivity index (χ4v) is 2.50. The van der Waals surface area contributed by atoms with E-state index in [0.717, 1.165) is 26.1 Å². The Balaban J connectivity index is 1.90. The normalized spacial score (nSPS) is 24.7. The minimum absolute atomic E-state index is 0.108. The number of hydrogen-bond acceptors (Lipinski definition) is 3. The molecule has 100 valence electrons. The fraction of sp³-hybridized carbons (Fsp3) is 0.600. The molecule has 1 heterocycles. The maximum absolute atomic E-state index is 5.93. The first kappa shape index (κ1) is 13.5. The molecular formula is C15H24N2O. The minimum atomic E-state index is 0.108. The Labute approximate surface area is 110 Å². The Bertz CT molecular complexity index is 353. The number of rotatable bonds is 4. The summed E-state index contributed by atoms with van der Waals surface area (Å²) in [7, 11) is 0. The van der Waals surface area contributed by atoms with Gasteiger partial charge in [0.05, 0.1) is 12.7 Å². The summed E-state index contributed by atoms with van der Waals surface area (Å²) in [5, 5.41) is 0. The molecule has 1 aromatic carbocycles. The Morgan fingerprint density at radius 3 is 2.72 bits per heavy atom. The van der Waals surface area contributed by atoms with Crippen LogP contribution in [0.4, 0.5) is 0 Å². The monoisotopic (exact) mass is 248 g/mol. The van der Waals surface area contributed by atoms with Crippen LogP contribution in [0.1, 0.15) is 19.4 Å². The van der Waals surface area contributed by atoms with Crippen molar-refractivity contribution in [3.05, 3.63) is 35.9 Å². The van der Waals surface area contributed by atoms with Crippen molar-refractivity contribution in [1.82, 2.24) is 4.90 Å². The van der Waals surface area contributed by atoms with Gasteiger partial charge in [0, 0.05) is 25.2 Å². The van der Waals surface area contributed by atoms with Crippen LogP contribution in [0.25, 0.3) is 0 Å². The van der Waals surface area contributed by atoms with Gasteiger partial charge in [0.25, 0.3) is 0 Å². The van der Waals surface area contributed by atoms with E-state index in [9.17, 15) is 0 Å². The average molecular weight is 248 g/mol. The van der Waals surface area contributed by atoms with Crippen molar-refractivity contribution in [3.8, 4) is 0 Å². The third kappa shape index (κ3) is 3.55. The number of nitrogens with two attached hydrogens (primary N) is 1. The number of hydrogen-bond donors (Lipinski definition) is 1. The van der Waals surface area contributed by atoms with Crippen molar-refractivity contribution in [2.45, 2.75) is 38.5 Å². The first-order chi connectivity index (χ1) is 8.66. The van der Waals surface area contributed by atoms with Crippen LogP contribution < -0.4 is 5.73 Å². The van der Waals surface area contributed by atoms with E-state index < -0.39 is 0 Å². The molecule has 2 rings (SSSR count). The standard InChI is InChI=1S/C15H24N2O/c1-12(10-14-6-4-3-5-7-14)17-8-9-18-15(11-17)13(2)16/h3-7,12-13,15H,8-11,16H2,1-2H3. The van der Waals surface area contributed by atoms with Crippen molar-refractivity contribution in [3.63, 3.8) is 0 Å². The van der Waals surface area contributed by atoms with Crippen LogP contribution in [0.15, 0.2) is 30.3 Å².